The Labute approximate surface area is 169 Å². The highest BCUT2D eigenvalue weighted by atomic mass is 35.5. The lowest BCUT2D eigenvalue weighted by Gasteiger charge is -2.11. The minimum Gasteiger partial charge on any atom is -0.488 e. The van der Waals surface area contributed by atoms with Gasteiger partial charge in [-0.2, -0.15) is 0 Å². The minimum atomic E-state index is -0.341. The molecule has 140 valence electrons. The van der Waals surface area contributed by atoms with E-state index in [9.17, 15) is 9.18 Å². The van der Waals surface area contributed by atoms with Gasteiger partial charge in [0.25, 0.3) is 5.91 Å². The van der Waals surface area contributed by atoms with Crippen molar-refractivity contribution in [3.63, 3.8) is 0 Å². The molecule has 0 atom stereocenters. The fraction of sp³-hybridized carbons (Fsp3) is 0.0476. The Kier molecular flexibility index (Phi) is 5.23. The molecule has 1 amide bonds. The van der Waals surface area contributed by atoms with E-state index in [1.807, 2.05) is 12.1 Å². The van der Waals surface area contributed by atoms with E-state index in [0.717, 1.165) is 5.56 Å². The van der Waals surface area contributed by atoms with Gasteiger partial charge in [0.2, 0.25) is 0 Å². The summed E-state index contributed by atoms with van der Waals surface area (Å²) >= 11 is 7.11. The zero-order chi connectivity index (χ0) is 19.5. The number of nitrogens with one attached hydrogen (secondary N) is 1. The van der Waals surface area contributed by atoms with Crippen LogP contribution in [0.5, 0.6) is 5.75 Å². The van der Waals surface area contributed by atoms with Crippen molar-refractivity contribution in [3.8, 4) is 5.75 Å². The van der Waals surface area contributed by atoms with E-state index in [4.69, 9.17) is 16.3 Å². The molecular formula is C21H14ClFN2O2S. The SMILES string of the molecule is O=C(Nc1nc2ccc(F)cc2s1)c1ccccc1OCc1ccc(Cl)cc1. The summed E-state index contributed by atoms with van der Waals surface area (Å²) in [6, 6.07) is 18.6. The van der Waals surface area contributed by atoms with Crippen LogP contribution in [0.4, 0.5) is 9.52 Å². The van der Waals surface area contributed by atoms with Crippen LogP contribution < -0.4 is 10.1 Å². The fourth-order valence-electron chi connectivity index (χ4n) is 2.64. The van der Waals surface area contributed by atoms with Crippen LogP contribution in [0.3, 0.4) is 0 Å². The quantitative estimate of drug-likeness (QED) is 0.442. The number of hydrogen-bond acceptors (Lipinski definition) is 4. The van der Waals surface area contributed by atoms with Gasteiger partial charge < -0.3 is 4.74 Å². The predicted octanol–water partition coefficient (Wildman–Crippen LogP) is 5.92. The van der Waals surface area contributed by atoms with Crippen LogP contribution in [-0.4, -0.2) is 10.9 Å². The van der Waals surface area contributed by atoms with Crippen molar-refractivity contribution < 1.29 is 13.9 Å². The highest BCUT2D eigenvalue weighted by molar-refractivity contribution is 7.22. The molecule has 0 unspecified atom stereocenters. The minimum absolute atomic E-state index is 0.307. The second-order valence-electron chi connectivity index (χ2n) is 6.00. The number of nitrogens with zero attached hydrogens (tertiary/aromatic N) is 1. The molecule has 0 aliphatic rings. The third-order valence-corrected chi connectivity index (χ3v) is 5.20. The van der Waals surface area contributed by atoms with Gasteiger partial charge in [-0.25, -0.2) is 9.37 Å². The van der Waals surface area contributed by atoms with E-state index in [1.54, 1.807) is 42.5 Å². The van der Waals surface area contributed by atoms with E-state index >= 15 is 0 Å². The average molecular weight is 413 g/mol. The van der Waals surface area contributed by atoms with Crippen molar-refractivity contribution in [3.05, 3.63) is 88.7 Å². The number of para-hydroxylation sites is 1. The third kappa shape index (κ3) is 4.13. The standard InChI is InChI=1S/C21H14ClFN2O2S/c22-14-7-5-13(6-8-14)12-27-18-4-2-1-3-16(18)20(26)25-21-24-17-10-9-15(23)11-19(17)28-21/h1-11H,12H2,(H,24,25,26). The summed E-state index contributed by atoms with van der Waals surface area (Å²) in [5, 5.41) is 3.81. The zero-order valence-corrected chi connectivity index (χ0v) is 16.1. The number of carbonyl (C=O) groups is 1. The summed E-state index contributed by atoms with van der Waals surface area (Å²) in [5.74, 6) is -0.219. The number of anilines is 1. The summed E-state index contributed by atoms with van der Waals surface area (Å²) < 4.78 is 19.8. The van der Waals surface area contributed by atoms with Gasteiger partial charge in [-0.05, 0) is 48.0 Å². The lowest BCUT2D eigenvalue weighted by atomic mass is 10.2. The second-order valence-corrected chi connectivity index (χ2v) is 7.46. The normalized spacial score (nSPS) is 10.8. The first-order chi connectivity index (χ1) is 13.6. The maximum Gasteiger partial charge on any atom is 0.261 e. The van der Waals surface area contributed by atoms with Crippen molar-refractivity contribution >= 4 is 44.2 Å². The average Bonchev–Trinajstić information content (AvgIpc) is 3.09. The topological polar surface area (TPSA) is 51.2 Å². The number of hydrogen-bond donors (Lipinski definition) is 1. The van der Waals surface area contributed by atoms with E-state index in [2.05, 4.69) is 10.3 Å². The number of amides is 1. The summed E-state index contributed by atoms with van der Waals surface area (Å²) in [4.78, 5) is 17.0. The molecule has 1 heterocycles. The van der Waals surface area contributed by atoms with Gasteiger partial charge in [0.05, 0.1) is 15.8 Å². The van der Waals surface area contributed by atoms with Crippen LogP contribution in [0.25, 0.3) is 10.2 Å². The molecule has 1 aromatic heterocycles. The maximum absolute atomic E-state index is 13.3. The van der Waals surface area contributed by atoms with Crippen molar-refractivity contribution in [1.82, 2.24) is 4.98 Å². The Morgan fingerprint density at radius 3 is 2.71 bits per heavy atom. The van der Waals surface area contributed by atoms with Gasteiger partial charge in [0.1, 0.15) is 18.2 Å². The predicted molar refractivity (Wildman–Crippen MR) is 110 cm³/mol. The highest BCUT2D eigenvalue weighted by Gasteiger charge is 2.15. The number of fused-ring (bicyclic) bond motifs is 1. The first kappa shape index (κ1) is 18.4. The molecule has 4 aromatic rings. The van der Waals surface area contributed by atoms with Crippen LogP contribution >= 0.6 is 22.9 Å². The third-order valence-electron chi connectivity index (χ3n) is 4.01. The van der Waals surface area contributed by atoms with Crippen molar-refractivity contribution in [2.75, 3.05) is 5.32 Å². The summed E-state index contributed by atoms with van der Waals surface area (Å²) in [6.45, 7) is 0.307. The van der Waals surface area contributed by atoms with Crippen molar-refractivity contribution in [2.24, 2.45) is 0 Å². The van der Waals surface area contributed by atoms with Crippen LogP contribution in [0.1, 0.15) is 15.9 Å². The molecule has 0 spiro atoms. The number of ether oxygens (including phenoxy) is 1. The summed E-state index contributed by atoms with van der Waals surface area (Å²) in [7, 11) is 0. The van der Waals surface area contributed by atoms with Crippen LogP contribution in [-0.2, 0) is 6.61 Å². The Balaban J connectivity index is 1.51. The Hall–Kier alpha value is -2.96. The highest BCUT2D eigenvalue weighted by Crippen LogP contribution is 2.28. The van der Waals surface area contributed by atoms with Gasteiger partial charge in [-0.1, -0.05) is 47.2 Å². The largest absolute Gasteiger partial charge is 0.488 e. The Morgan fingerprint density at radius 2 is 1.89 bits per heavy atom. The lowest BCUT2D eigenvalue weighted by molar-refractivity contribution is 0.102. The van der Waals surface area contributed by atoms with Crippen molar-refractivity contribution in [2.45, 2.75) is 6.61 Å². The second kappa shape index (κ2) is 7.96. The molecule has 0 aliphatic heterocycles. The van der Waals surface area contributed by atoms with E-state index in [0.29, 0.717) is 38.3 Å². The number of carbonyl (C=O) groups excluding carboxylic acids is 1. The van der Waals surface area contributed by atoms with Crippen LogP contribution in [0.15, 0.2) is 66.7 Å². The van der Waals surface area contributed by atoms with Gasteiger partial charge in [0.15, 0.2) is 5.13 Å². The molecule has 0 aliphatic carbocycles. The number of halogens is 2. The molecule has 1 N–H and O–H groups in total. The van der Waals surface area contributed by atoms with E-state index in [-0.39, 0.29) is 11.7 Å². The Morgan fingerprint density at radius 1 is 1.11 bits per heavy atom. The molecular weight excluding hydrogens is 399 g/mol. The number of thiazole rings is 1. The molecule has 4 nitrogen and oxygen atoms in total. The molecule has 7 heteroatoms. The molecule has 3 aromatic carbocycles. The van der Waals surface area contributed by atoms with E-state index < -0.39 is 0 Å². The molecule has 0 radical (unpaired) electrons. The summed E-state index contributed by atoms with van der Waals surface area (Å²) in [6.07, 6.45) is 0. The molecule has 0 bridgehead atoms. The zero-order valence-electron chi connectivity index (χ0n) is 14.5. The molecule has 28 heavy (non-hydrogen) atoms. The fourth-order valence-corrected chi connectivity index (χ4v) is 3.65. The number of aromatic nitrogens is 1. The van der Waals surface area contributed by atoms with Crippen LogP contribution in [0.2, 0.25) is 5.02 Å². The first-order valence-corrected chi connectivity index (χ1v) is 9.62. The maximum atomic E-state index is 13.3. The molecule has 4 rings (SSSR count). The molecule has 0 saturated carbocycles. The Bertz CT molecular complexity index is 1140. The van der Waals surface area contributed by atoms with Gasteiger partial charge in [0, 0.05) is 5.02 Å². The monoisotopic (exact) mass is 412 g/mol. The first-order valence-electron chi connectivity index (χ1n) is 8.42. The van der Waals surface area contributed by atoms with Gasteiger partial charge in [-0.3, -0.25) is 10.1 Å². The molecule has 0 fully saturated rings. The number of benzene rings is 3. The molecule has 0 saturated heterocycles. The van der Waals surface area contributed by atoms with E-state index in [1.165, 1.54) is 23.5 Å². The lowest BCUT2D eigenvalue weighted by Crippen LogP contribution is -2.13. The van der Waals surface area contributed by atoms with Crippen molar-refractivity contribution in [1.29, 1.82) is 0 Å². The van der Waals surface area contributed by atoms with Gasteiger partial charge >= 0.3 is 0 Å². The summed E-state index contributed by atoms with van der Waals surface area (Å²) in [5.41, 5.74) is 1.96. The number of rotatable bonds is 5. The van der Waals surface area contributed by atoms with Gasteiger partial charge in [-0.15, -0.1) is 0 Å². The smallest absolute Gasteiger partial charge is 0.261 e. The van der Waals surface area contributed by atoms with Crippen LogP contribution in [0, 0.1) is 5.82 Å².